The minimum atomic E-state index is -4.91. The van der Waals surface area contributed by atoms with Crippen LogP contribution in [-0.2, 0) is 24.7 Å². The van der Waals surface area contributed by atoms with Crippen molar-refractivity contribution in [2.45, 2.75) is 64.1 Å². The molecule has 2 aromatic rings. The monoisotopic (exact) mass is 649 g/mol. The number of carbonyl (C=O) groups is 2. The number of methoxy groups -OCH3 is 1. The number of imide groups is 1. The number of hydrogen-bond acceptors (Lipinski definition) is 8. The second kappa shape index (κ2) is 11.5. The van der Waals surface area contributed by atoms with Crippen LogP contribution in [0.5, 0.6) is 0 Å². The lowest BCUT2D eigenvalue weighted by Gasteiger charge is -2.30. The number of hydrogen-bond donors (Lipinski definition) is 0. The molecule has 2 aromatic carbocycles. The fourth-order valence-electron chi connectivity index (χ4n) is 4.31. The summed E-state index contributed by atoms with van der Waals surface area (Å²) in [5.74, 6) is -0.602. The molecule has 226 valence electrons. The Balaban J connectivity index is 1.64. The summed E-state index contributed by atoms with van der Waals surface area (Å²) in [5, 5.41) is 7.01. The van der Waals surface area contributed by atoms with Crippen LogP contribution in [0.3, 0.4) is 0 Å². The largest absolute Gasteiger partial charge is 0.482 e. The topological polar surface area (TPSA) is 99.0 Å². The van der Waals surface area contributed by atoms with Crippen molar-refractivity contribution in [1.82, 2.24) is 4.90 Å². The Hall–Kier alpha value is -3.22. The number of aryl methyl sites for hydroxylation is 1. The smallest absolute Gasteiger partial charge is 0.435 e. The maximum absolute atomic E-state index is 14.4. The highest BCUT2D eigenvalue weighted by atomic mass is 35.5. The summed E-state index contributed by atoms with van der Waals surface area (Å²) in [4.78, 5) is 37.8. The van der Waals surface area contributed by atoms with E-state index < -0.39 is 42.0 Å². The van der Waals surface area contributed by atoms with Crippen LogP contribution in [0.2, 0.25) is 15.1 Å². The predicted octanol–water partition coefficient (Wildman–Crippen LogP) is 7.62. The van der Waals surface area contributed by atoms with Crippen molar-refractivity contribution in [3.63, 3.8) is 0 Å². The molecule has 42 heavy (non-hydrogen) atoms. The number of rotatable bonds is 4. The minimum absolute atomic E-state index is 0.00891. The Labute approximate surface area is 254 Å². The second-order valence-corrected chi connectivity index (χ2v) is 11.7. The first kappa shape index (κ1) is 31.7. The third-order valence-electron chi connectivity index (χ3n) is 6.38. The summed E-state index contributed by atoms with van der Waals surface area (Å²) in [6, 6.07) is 6.29. The highest BCUT2D eigenvalue weighted by Gasteiger charge is 2.62. The van der Waals surface area contributed by atoms with Crippen molar-refractivity contribution in [1.29, 1.82) is 0 Å². The van der Waals surface area contributed by atoms with Crippen LogP contribution in [0.4, 0.5) is 18.0 Å². The molecule has 0 saturated heterocycles. The molecule has 4 rings (SSSR count). The molecule has 15 heteroatoms. The molecule has 2 aliphatic rings. The van der Waals surface area contributed by atoms with Gasteiger partial charge in [-0.3, -0.25) is 4.79 Å². The number of oxime groups is 2. The Kier molecular flexibility index (Phi) is 8.65. The van der Waals surface area contributed by atoms with Gasteiger partial charge in [0.2, 0.25) is 12.1 Å². The first-order chi connectivity index (χ1) is 19.5. The summed E-state index contributed by atoms with van der Waals surface area (Å²) in [5.41, 5.74) is -3.57. The maximum Gasteiger partial charge on any atom is 0.435 e. The van der Waals surface area contributed by atoms with Gasteiger partial charge in [-0.05, 0) is 68.2 Å². The Morgan fingerprint density at radius 1 is 1.07 bits per heavy atom. The molecule has 0 radical (unpaired) electrons. The summed E-state index contributed by atoms with van der Waals surface area (Å²) in [7, 11) is 1.37. The summed E-state index contributed by atoms with van der Waals surface area (Å²) in [6.07, 6.45) is -7.75. The van der Waals surface area contributed by atoms with Crippen LogP contribution < -0.4 is 0 Å². The number of halogens is 6. The Morgan fingerprint density at radius 3 is 2.24 bits per heavy atom. The Morgan fingerprint density at radius 2 is 1.71 bits per heavy atom. The fourth-order valence-corrected chi connectivity index (χ4v) is 4.90. The van der Waals surface area contributed by atoms with Crippen molar-refractivity contribution in [2.75, 3.05) is 7.11 Å². The lowest BCUT2D eigenvalue weighted by atomic mass is 9.86. The molecule has 2 amide bonds. The summed E-state index contributed by atoms with van der Waals surface area (Å²) < 4.78 is 53.8. The molecule has 2 heterocycles. The molecule has 2 atom stereocenters. The maximum atomic E-state index is 14.4. The predicted molar refractivity (Wildman–Crippen MR) is 149 cm³/mol. The van der Waals surface area contributed by atoms with Gasteiger partial charge < -0.3 is 19.1 Å². The van der Waals surface area contributed by atoms with Crippen molar-refractivity contribution >= 4 is 58.4 Å². The average molecular weight is 651 g/mol. The van der Waals surface area contributed by atoms with Crippen molar-refractivity contribution in [3.8, 4) is 0 Å². The number of nitrogens with zero attached hydrogens (tertiary/aromatic N) is 3. The molecule has 0 N–H and O–H groups in total. The van der Waals surface area contributed by atoms with Gasteiger partial charge in [-0.15, -0.1) is 0 Å². The quantitative estimate of drug-likeness (QED) is 0.316. The van der Waals surface area contributed by atoms with Gasteiger partial charge in [0.1, 0.15) is 5.60 Å². The van der Waals surface area contributed by atoms with E-state index in [1.807, 2.05) is 0 Å². The van der Waals surface area contributed by atoms with Crippen molar-refractivity contribution in [3.05, 3.63) is 67.7 Å². The molecular formula is C27H25Cl3F3N3O6. The standard InChI is InChI=1S/C27H25Cl3F3N3O6/c1-13-8-14(19-12-26(42-34-19,27(31,32)33)15-9-17(28)22(30)18(29)10-15)6-7-16(13)23(37)36(24(38)40-25(2,3)4)21-11-20(39-5)35-41-21/h6-10,21H,11-12H2,1-5H3/t21?,26-/m0/s1. The van der Waals surface area contributed by atoms with E-state index in [1.165, 1.54) is 25.3 Å². The van der Waals surface area contributed by atoms with Gasteiger partial charge >= 0.3 is 12.3 Å². The third-order valence-corrected chi connectivity index (χ3v) is 7.58. The zero-order chi connectivity index (χ0) is 31.2. The van der Waals surface area contributed by atoms with E-state index in [0.29, 0.717) is 5.56 Å². The number of alkyl halides is 3. The zero-order valence-corrected chi connectivity index (χ0v) is 25.2. The molecule has 0 aliphatic carbocycles. The summed E-state index contributed by atoms with van der Waals surface area (Å²) in [6.45, 7) is 6.47. The third kappa shape index (κ3) is 6.11. The lowest BCUT2D eigenvalue weighted by Crippen LogP contribution is -2.47. The number of carbonyl (C=O) groups excluding carboxylic acids is 2. The molecule has 0 fully saturated rings. The van der Waals surface area contributed by atoms with E-state index in [-0.39, 0.29) is 49.8 Å². The number of ether oxygens (including phenoxy) is 2. The number of benzene rings is 2. The molecule has 9 nitrogen and oxygen atoms in total. The van der Waals surface area contributed by atoms with Crippen molar-refractivity contribution in [2.24, 2.45) is 10.3 Å². The average Bonchev–Trinajstić information content (AvgIpc) is 3.54. The van der Waals surface area contributed by atoms with Gasteiger partial charge in [-0.25, -0.2) is 9.69 Å². The first-order valence-corrected chi connectivity index (χ1v) is 13.5. The fraction of sp³-hybridized carbons (Fsp3) is 0.407. The molecule has 0 bridgehead atoms. The van der Waals surface area contributed by atoms with Gasteiger partial charge in [-0.2, -0.15) is 13.2 Å². The molecular weight excluding hydrogens is 626 g/mol. The van der Waals surface area contributed by atoms with Gasteiger partial charge in [0.25, 0.3) is 11.5 Å². The minimum Gasteiger partial charge on any atom is -0.482 e. The van der Waals surface area contributed by atoms with Crippen molar-refractivity contribution < 1.29 is 41.9 Å². The normalized spacial score (nSPS) is 20.3. The molecule has 0 saturated carbocycles. The molecule has 2 aliphatic heterocycles. The highest BCUT2D eigenvalue weighted by molar-refractivity contribution is 6.48. The lowest BCUT2D eigenvalue weighted by molar-refractivity contribution is -0.275. The van der Waals surface area contributed by atoms with Gasteiger partial charge in [0.15, 0.2) is 0 Å². The Bertz CT molecular complexity index is 1470. The van der Waals surface area contributed by atoms with Crippen LogP contribution in [0.15, 0.2) is 40.6 Å². The SMILES string of the molecule is COC1=NOC(N(C(=O)OC(C)(C)C)C(=O)c2ccc(C3=NO[C@@](c4cc(Cl)c(Cl)c(Cl)c4)(C(F)(F)F)C3)cc2C)C1. The van der Waals surface area contributed by atoms with Crippen LogP contribution in [-0.4, -0.2) is 53.6 Å². The van der Waals surface area contributed by atoms with E-state index in [1.54, 1.807) is 27.7 Å². The van der Waals surface area contributed by atoms with Gasteiger partial charge in [-0.1, -0.05) is 46.0 Å². The molecule has 1 unspecified atom stereocenters. The second-order valence-electron chi connectivity index (χ2n) is 10.5. The van der Waals surface area contributed by atoms with E-state index in [4.69, 9.17) is 54.0 Å². The van der Waals surface area contributed by atoms with Gasteiger partial charge in [0.05, 0.1) is 34.3 Å². The zero-order valence-electron chi connectivity index (χ0n) is 22.9. The van der Waals surface area contributed by atoms with Crippen LogP contribution in [0.1, 0.15) is 60.7 Å². The van der Waals surface area contributed by atoms with E-state index in [0.717, 1.165) is 17.0 Å². The van der Waals surface area contributed by atoms with Crippen LogP contribution in [0, 0.1) is 6.92 Å². The highest BCUT2D eigenvalue weighted by Crippen LogP contribution is 2.50. The van der Waals surface area contributed by atoms with E-state index in [2.05, 4.69) is 10.3 Å². The first-order valence-electron chi connectivity index (χ1n) is 12.4. The summed E-state index contributed by atoms with van der Waals surface area (Å²) >= 11 is 17.9. The molecule has 0 spiro atoms. The van der Waals surface area contributed by atoms with E-state index >= 15 is 0 Å². The van der Waals surface area contributed by atoms with Crippen LogP contribution in [0.25, 0.3) is 0 Å². The molecule has 0 aromatic heterocycles. The number of amides is 2. The van der Waals surface area contributed by atoms with E-state index in [9.17, 15) is 22.8 Å². The van der Waals surface area contributed by atoms with Crippen LogP contribution >= 0.6 is 34.8 Å². The van der Waals surface area contributed by atoms with Gasteiger partial charge in [0, 0.05) is 17.5 Å².